The van der Waals surface area contributed by atoms with Crippen LogP contribution in [0.2, 0.25) is 5.02 Å². The highest BCUT2D eigenvalue weighted by Crippen LogP contribution is 2.31. The molecule has 2 heterocycles. The maximum Gasteiger partial charge on any atom is 0.261 e. The van der Waals surface area contributed by atoms with Crippen LogP contribution in [-0.4, -0.2) is 32.9 Å². The number of halogens is 1. The minimum atomic E-state index is -0.223. The SMILES string of the molecule is Cc1nn(-c2cccc(Cl)c2)c2sc(C(=O)NC3CCC(O)CC3)cc12. The lowest BCUT2D eigenvalue weighted by Crippen LogP contribution is -2.38. The highest BCUT2D eigenvalue weighted by molar-refractivity contribution is 7.20. The van der Waals surface area contributed by atoms with Gasteiger partial charge in [0.2, 0.25) is 0 Å². The zero-order valence-corrected chi connectivity index (χ0v) is 16.0. The number of aliphatic hydroxyl groups excluding tert-OH is 1. The van der Waals surface area contributed by atoms with E-state index in [2.05, 4.69) is 10.4 Å². The van der Waals surface area contributed by atoms with Gasteiger partial charge in [0.15, 0.2) is 0 Å². The Morgan fingerprint density at radius 2 is 2.08 bits per heavy atom. The zero-order valence-electron chi connectivity index (χ0n) is 14.4. The molecule has 1 fully saturated rings. The number of aromatic nitrogens is 2. The molecule has 0 radical (unpaired) electrons. The van der Waals surface area contributed by atoms with Crippen LogP contribution >= 0.6 is 22.9 Å². The number of nitrogens with one attached hydrogen (secondary N) is 1. The lowest BCUT2D eigenvalue weighted by molar-refractivity contribution is 0.0871. The Morgan fingerprint density at radius 3 is 2.81 bits per heavy atom. The van der Waals surface area contributed by atoms with Crippen molar-refractivity contribution in [1.82, 2.24) is 15.1 Å². The van der Waals surface area contributed by atoms with Crippen molar-refractivity contribution in [3.63, 3.8) is 0 Å². The Kier molecular flexibility index (Phi) is 4.73. The van der Waals surface area contributed by atoms with Crippen LogP contribution in [0.25, 0.3) is 15.9 Å². The average Bonchev–Trinajstić information content (AvgIpc) is 3.18. The third-order valence-electron chi connectivity index (χ3n) is 4.85. The Balaban J connectivity index is 1.61. The minimum absolute atomic E-state index is 0.0513. The van der Waals surface area contributed by atoms with Crippen LogP contribution < -0.4 is 5.32 Å². The van der Waals surface area contributed by atoms with Gasteiger partial charge in [0.25, 0.3) is 5.91 Å². The van der Waals surface area contributed by atoms with Gasteiger partial charge in [0.05, 0.1) is 22.4 Å². The second-order valence-electron chi connectivity index (χ2n) is 6.79. The molecule has 3 aromatic rings. The van der Waals surface area contributed by atoms with E-state index in [1.807, 2.05) is 41.9 Å². The van der Waals surface area contributed by atoms with E-state index in [4.69, 9.17) is 11.6 Å². The molecule has 2 N–H and O–H groups in total. The van der Waals surface area contributed by atoms with Crippen molar-refractivity contribution < 1.29 is 9.90 Å². The first-order valence-corrected chi connectivity index (χ1v) is 9.95. The number of hydrogen-bond donors (Lipinski definition) is 2. The summed E-state index contributed by atoms with van der Waals surface area (Å²) in [4.78, 5) is 14.3. The van der Waals surface area contributed by atoms with Crippen LogP contribution in [0.4, 0.5) is 0 Å². The first kappa shape index (κ1) is 17.5. The van der Waals surface area contributed by atoms with Gasteiger partial charge in [-0.15, -0.1) is 11.3 Å². The third-order valence-corrected chi connectivity index (χ3v) is 6.20. The van der Waals surface area contributed by atoms with Gasteiger partial charge >= 0.3 is 0 Å². The Bertz CT molecular complexity index is 957. The number of rotatable bonds is 3. The first-order valence-electron chi connectivity index (χ1n) is 8.75. The van der Waals surface area contributed by atoms with E-state index >= 15 is 0 Å². The third kappa shape index (κ3) is 3.37. The number of aryl methyl sites for hydroxylation is 1. The molecule has 136 valence electrons. The summed E-state index contributed by atoms with van der Waals surface area (Å²) < 4.78 is 1.84. The second-order valence-corrected chi connectivity index (χ2v) is 8.25. The van der Waals surface area contributed by atoms with Crippen LogP contribution in [-0.2, 0) is 0 Å². The molecule has 0 aliphatic heterocycles. The molecule has 1 aromatic carbocycles. The molecule has 0 spiro atoms. The van der Waals surface area contributed by atoms with Gasteiger partial charge in [-0.1, -0.05) is 17.7 Å². The Morgan fingerprint density at radius 1 is 1.31 bits per heavy atom. The molecule has 1 saturated carbocycles. The molecule has 1 aliphatic carbocycles. The fourth-order valence-electron chi connectivity index (χ4n) is 3.42. The summed E-state index contributed by atoms with van der Waals surface area (Å²) >= 11 is 7.55. The summed E-state index contributed by atoms with van der Waals surface area (Å²) in [5.41, 5.74) is 1.77. The van der Waals surface area contributed by atoms with Crippen molar-refractivity contribution in [1.29, 1.82) is 0 Å². The topological polar surface area (TPSA) is 67.2 Å². The van der Waals surface area contributed by atoms with Gasteiger partial charge < -0.3 is 10.4 Å². The highest BCUT2D eigenvalue weighted by atomic mass is 35.5. The number of fused-ring (bicyclic) bond motifs is 1. The summed E-state index contributed by atoms with van der Waals surface area (Å²) in [6, 6.07) is 9.58. The summed E-state index contributed by atoms with van der Waals surface area (Å²) in [5, 5.41) is 18.9. The van der Waals surface area contributed by atoms with Crippen molar-refractivity contribution in [2.75, 3.05) is 0 Å². The van der Waals surface area contributed by atoms with Crippen molar-refractivity contribution in [2.45, 2.75) is 44.8 Å². The van der Waals surface area contributed by atoms with E-state index < -0.39 is 0 Å². The fourth-order valence-corrected chi connectivity index (χ4v) is 4.69. The van der Waals surface area contributed by atoms with E-state index in [1.54, 1.807) is 0 Å². The molecule has 0 bridgehead atoms. The van der Waals surface area contributed by atoms with Crippen LogP contribution in [0.5, 0.6) is 0 Å². The Labute approximate surface area is 160 Å². The number of amides is 1. The first-order chi connectivity index (χ1) is 12.5. The molecule has 1 aliphatic rings. The average molecular weight is 390 g/mol. The number of carbonyl (C=O) groups is 1. The van der Waals surface area contributed by atoms with Gasteiger partial charge in [0, 0.05) is 16.5 Å². The molecule has 7 heteroatoms. The largest absolute Gasteiger partial charge is 0.393 e. The van der Waals surface area contributed by atoms with Crippen LogP contribution in [0.1, 0.15) is 41.0 Å². The van der Waals surface area contributed by atoms with Gasteiger partial charge in [-0.25, -0.2) is 4.68 Å². The molecule has 0 saturated heterocycles. The number of hydrogen-bond acceptors (Lipinski definition) is 4. The maximum atomic E-state index is 12.7. The maximum absolute atomic E-state index is 12.7. The standard InChI is InChI=1S/C19H20ClN3O2S/c1-11-16-10-17(18(25)21-13-5-7-15(24)8-6-13)26-19(16)23(22-11)14-4-2-3-12(20)9-14/h2-4,9-10,13,15,24H,5-8H2,1H3,(H,21,25). The van der Waals surface area contributed by atoms with Gasteiger partial charge in [-0.3, -0.25) is 4.79 Å². The van der Waals surface area contributed by atoms with Gasteiger partial charge in [-0.05, 0) is 56.9 Å². The fraction of sp³-hybridized carbons (Fsp3) is 0.368. The number of nitrogens with zero attached hydrogens (tertiary/aromatic N) is 2. The van der Waals surface area contributed by atoms with Crippen LogP contribution in [0.3, 0.4) is 0 Å². The molecular weight excluding hydrogens is 370 g/mol. The molecule has 1 amide bonds. The van der Waals surface area contributed by atoms with E-state index in [0.29, 0.717) is 9.90 Å². The van der Waals surface area contributed by atoms with Crippen LogP contribution in [0.15, 0.2) is 30.3 Å². The van der Waals surface area contributed by atoms with E-state index in [9.17, 15) is 9.90 Å². The quantitative estimate of drug-likeness (QED) is 0.709. The smallest absolute Gasteiger partial charge is 0.261 e. The number of aliphatic hydroxyl groups is 1. The highest BCUT2D eigenvalue weighted by Gasteiger charge is 2.23. The predicted molar refractivity (Wildman–Crippen MR) is 104 cm³/mol. The van der Waals surface area contributed by atoms with E-state index in [-0.39, 0.29) is 18.1 Å². The normalized spacial score (nSPS) is 20.4. The van der Waals surface area contributed by atoms with E-state index in [1.165, 1.54) is 11.3 Å². The molecule has 0 atom stereocenters. The van der Waals surface area contributed by atoms with Crippen molar-refractivity contribution in [2.24, 2.45) is 0 Å². The molecule has 5 nitrogen and oxygen atoms in total. The molecule has 2 aromatic heterocycles. The number of thiophene rings is 1. The summed E-state index contributed by atoms with van der Waals surface area (Å²) in [6.07, 6.45) is 2.93. The molecular formula is C19H20ClN3O2S. The number of benzene rings is 1. The summed E-state index contributed by atoms with van der Waals surface area (Å²) in [6.45, 7) is 1.94. The second kappa shape index (κ2) is 7.02. The van der Waals surface area contributed by atoms with Crippen molar-refractivity contribution in [3.05, 3.63) is 45.9 Å². The zero-order chi connectivity index (χ0) is 18.3. The lowest BCUT2D eigenvalue weighted by Gasteiger charge is -2.25. The van der Waals surface area contributed by atoms with Crippen molar-refractivity contribution >= 4 is 39.1 Å². The van der Waals surface area contributed by atoms with E-state index in [0.717, 1.165) is 47.3 Å². The minimum Gasteiger partial charge on any atom is -0.393 e. The summed E-state index contributed by atoms with van der Waals surface area (Å²) in [5.74, 6) is -0.0513. The Hall–Kier alpha value is -1.89. The van der Waals surface area contributed by atoms with Gasteiger partial charge in [0.1, 0.15) is 4.83 Å². The van der Waals surface area contributed by atoms with Crippen LogP contribution in [0, 0.1) is 6.92 Å². The molecule has 4 rings (SSSR count). The lowest BCUT2D eigenvalue weighted by atomic mass is 9.93. The summed E-state index contributed by atoms with van der Waals surface area (Å²) in [7, 11) is 0. The molecule has 26 heavy (non-hydrogen) atoms. The van der Waals surface area contributed by atoms with Gasteiger partial charge in [-0.2, -0.15) is 5.10 Å². The molecule has 0 unspecified atom stereocenters. The predicted octanol–water partition coefficient (Wildman–Crippen LogP) is 4.08. The van der Waals surface area contributed by atoms with Crippen molar-refractivity contribution in [3.8, 4) is 5.69 Å². The monoisotopic (exact) mass is 389 g/mol. The number of carbonyl (C=O) groups excluding carboxylic acids is 1.